The maximum Gasteiger partial charge on any atom is 0.303 e. The minimum atomic E-state index is -0.848. The van der Waals surface area contributed by atoms with Crippen LogP contribution in [0.25, 0.3) is 0 Å². The van der Waals surface area contributed by atoms with Gasteiger partial charge in [0.15, 0.2) is 0 Å². The summed E-state index contributed by atoms with van der Waals surface area (Å²) in [5.41, 5.74) is 0. The van der Waals surface area contributed by atoms with Crippen LogP contribution in [-0.2, 0) is 9.59 Å². The minimum Gasteiger partial charge on any atom is -0.494 e. The first kappa shape index (κ1) is 17.5. The summed E-state index contributed by atoms with van der Waals surface area (Å²) in [6, 6.07) is 7.51. The molecule has 6 heteroatoms. The second kappa shape index (κ2) is 9.39. The number of amides is 1. The number of hydrogen-bond acceptors (Lipinski definition) is 3. The molecule has 0 bridgehead atoms. The fraction of sp³-hybridized carbons (Fsp3) is 0.467. The Hall–Kier alpha value is -1.56. The van der Waals surface area contributed by atoms with E-state index in [1.54, 1.807) is 6.92 Å². The molecule has 0 aliphatic carbocycles. The first-order valence-electron chi connectivity index (χ1n) is 6.84. The molecule has 5 nitrogen and oxygen atoms in total. The molecule has 1 aromatic carbocycles. The van der Waals surface area contributed by atoms with E-state index in [0.717, 1.165) is 10.2 Å². The molecule has 2 N–H and O–H groups in total. The number of nitrogens with one attached hydrogen (secondary N) is 1. The number of carboxylic acids is 1. The number of carbonyl (C=O) groups excluding carboxylic acids is 1. The molecule has 0 radical (unpaired) electrons. The topological polar surface area (TPSA) is 75.6 Å². The molecule has 21 heavy (non-hydrogen) atoms. The van der Waals surface area contributed by atoms with E-state index in [1.165, 1.54) is 0 Å². The number of carbonyl (C=O) groups is 2. The predicted octanol–water partition coefficient (Wildman–Crippen LogP) is 2.84. The molecule has 0 saturated carbocycles. The molecule has 1 rings (SSSR count). The largest absolute Gasteiger partial charge is 0.494 e. The van der Waals surface area contributed by atoms with Gasteiger partial charge in [-0.05, 0) is 36.6 Å². The Morgan fingerprint density at radius 3 is 2.62 bits per heavy atom. The van der Waals surface area contributed by atoms with Gasteiger partial charge in [0.05, 0.1) is 6.61 Å². The molecule has 0 aliphatic rings. The molecule has 1 atom stereocenters. The number of halogens is 1. The van der Waals surface area contributed by atoms with Gasteiger partial charge in [-0.25, -0.2) is 0 Å². The molecule has 0 aliphatic heterocycles. The van der Waals surface area contributed by atoms with Crippen LogP contribution in [0.4, 0.5) is 0 Å². The van der Waals surface area contributed by atoms with Crippen LogP contribution in [0.15, 0.2) is 28.7 Å². The SMILES string of the molecule is CC(CNC(=O)CCCOc1ccc(Br)cc1)CC(=O)O. The van der Waals surface area contributed by atoms with Crippen molar-refractivity contribution in [2.24, 2.45) is 5.92 Å². The van der Waals surface area contributed by atoms with E-state index in [-0.39, 0.29) is 18.2 Å². The Morgan fingerprint density at radius 1 is 1.33 bits per heavy atom. The van der Waals surface area contributed by atoms with E-state index in [2.05, 4.69) is 21.2 Å². The highest BCUT2D eigenvalue weighted by Gasteiger charge is 2.09. The molecule has 0 spiro atoms. The van der Waals surface area contributed by atoms with Crippen molar-refractivity contribution in [3.8, 4) is 5.75 Å². The fourth-order valence-corrected chi connectivity index (χ4v) is 1.96. The van der Waals surface area contributed by atoms with Gasteiger partial charge in [-0.1, -0.05) is 22.9 Å². The monoisotopic (exact) mass is 357 g/mol. The quantitative estimate of drug-likeness (QED) is 0.666. The molecular weight excluding hydrogens is 338 g/mol. The van der Waals surface area contributed by atoms with E-state index in [4.69, 9.17) is 9.84 Å². The van der Waals surface area contributed by atoms with E-state index in [9.17, 15) is 9.59 Å². The van der Waals surface area contributed by atoms with Crippen LogP contribution >= 0.6 is 15.9 Å². The zero-order valence-electron chi connectivity index (χ0n) is 12.0. The third-order valence-corrected chi connectivity index (χ3v) is 3.33. The number of benzene rings is 1. The van der Waals surface area contributed by atoms with Gasteiger partial charge in [0.25, 0.3) is 0 Å². The predicted molar refractivity (Wildman–Crippen MR) is 83.3 cm³/mol. The van der Waals surface area contributed by atoms with Gasteiger partial charge in [-0.3, -0.25) is 9.59 Å². The van der Waals surface area contributed by atoms with E-state index < -0.39 is 5.97 Å². The third kappa shape index (κ3) is 8.34. The van der Waals surface area contributed by atoms with Gasteiger partial charge < -0.3 is 15.2 Å². The van der Waals surface area contributed by atoms with Gasteiger partial charge >= 0.3 is 5.97 Å². The number of aliphatic carboxylic acids is 1. The van der Waals surface area contributed by atoms with Gasteiger partial charge in [0.1, 0.15) is 5.75 Å². The lowest BCUT2D eigenvalue weighted by atomic mass is 10.1. The molecule has 0 heterocycles. The van der Waals surface area contributed by atoms with Crippen molar-refractivity contribution in [2.45, 2.75) is 26.2 Å². The first-order chi connectivity index (χ1) is 9.97. The molecule has 1 unspecified atom stereocenters. The van der Waals surface area contributed by atoms with Gasteiger partial charge in [-0.15, -0.1) is 0 Å². The van der Waals surface area contributed by atoms with Crippen molar-refractivity contribution < 1.29 is 19.4 Å². The van der Waals surface area contributed by atoms with Crippen LogP contribution in [0.5, 0.6) is 5.75 Å². The van der Waals surface area contributed by atoms with Gasteiger partial charge in [0.2, 0.25) is 5.91 Å². The molecule has 1 aromatic rings. The Balaban J connectivity index is 2.10. The Morgan fingerprint density at radius 2 is 2.00 bits per heavy atom. The lowest BCUT2D eigenvalue weighted by molar-refractivity contribution is -0.138. The highest BCUT2D eigenvalue weighted by molar-refractivity contribution is 9.10. The Bertz CT molecular complexity index is 461. The summed E-state index contributed by atoms with van der Waals surface area (Å²) in [5.74, 6) is -0.217. The van der Waals surface area contributed by atoms with Crippen LogP contribution < -0.4 is 10.1 Å². The van der Waals surface area contributed by atoms with Crippen molar-refractivity contribution in [3.63, 3.8) is 0 Å². The van der Waals surface area contributed by atoms with Crippen LogP contribution in [0.3, 0.4) is 0 Å². The van der Waals surface area contributed by atoms with E-state index >= 15 is 0 Å². The number of carboxylic acid groups (broad SMARTS) is 1. The average Bonchev–Trinajstić information content (AvgIpc) is 2.42. The lowest BCUT2D eigenvalue weighted by Gasteiger charge is -2.10. The van der Waals surface area contributed by atoms with Gasteiger partial charge in [-0.2, -0.15) is 0 Å². The highest BCUT2D eigenvalue weighted by atomic mass is 79.9. The Labute approximate surface area is 132 Å². The maximum absolute atomic E-state index is 11.6. The minimum absolute atomic E-state index is 0.0625. The van der Waals surface area contributed by atoms with Crippen LogP contribution in [0, 0.1) is 5.92 Å². The first-order valence-corrected chi connectivity index (χ1v) is 7.63. The molecule has 0 saturated heterocycles. The smallest absolute Gasteiger partial charge is 0.303 e. The van der Waals surface area contributed by atoms with Crippen molar-refractivity contribution in [2.75, 3.05) is 13.2 Å². The number of ether oxygens (including phenoxy) is 1. The van der Waals surface area contributed by atoms with Crippen LogP contribution in [-0.4, -0.2) is 30.1 Å². The summed E-state index contributed by atoms with van der Waals surface area (Å²) < 4.78 is 6.50. The van der Waals surface area contributed by atoms with Crippen molar-refractivity contribution in [3.05, 3.63) is 28.7 Å². The van der Waals surface area contributed by atoms with Crippen LogP contribution in [0.1, 0.15) is 26.2 Å². The van der Waals surface area contributed by atoms with Crippen molar-refractivity contribution in [1.82, 2.24) is 5.32 Å². The average molecular weight is 358 g/mol. The second-order valence-corrected chi connectivity index (χ2v) is 5.83. The van der Waals surface area contributed by atoms with E-state index in [1.807, 2.05) is 24.3 Å². The second-order valence-electron chi connectivity index (χ2n) is 4.91. The van der Waals surface area contributed by atoms with Crippen molar-refractivity contribution in [1.29, 1.82) is 0 Å². The van der Waals surface area contributed by atoms with Crippen LogP contribution in [0.2, 0.25) is 0 Å². The van der Waals surface area contributed by atoms with Gasteiger partial charge in [0, 0.05) is 23.9 Å². The lowest BCUT2D eigenvalue weighted by Crippen LogP contribution is -2.29. The molecule has 116 valence electrons. The molecule has 1 amide bonds. The van der Waals surface area contributed by atoms with E-state index in [0.29, 0.717) is 26.0 Å². The summed E-state index contributed by atoms with van der Waals surface area (Å²) in [6.45, 7) is 2.66. The molecular formula is C15H20BrNO4. The zero-order valence-corrected chi connectivity index (χ0v) is 13.6. The fourth-order valence-electron chi connectivity index (χ4n) is 1.70. The normalized spacial score (nSPS) is 11.7. The summed E-state index contributed by atoms with van der Waals surface area (Å²) in [5, 5.41) is 11.3. The molecule has 0 aromatic heterocycles. The zero-order chi connectivity index (χ0) is 15.7. The third-order valence-electron chi connectivity index (χ3n) is 2.80. The molecule has 0 fully saturated rings. The standard InChI is InChI=1S/C15H20BrNO4/c1-11(9-15(19)20)10-17-14(18)3-2-8-21-13-6-4-12(16)5-7-13/h4-7,11H,2-3,8-10H2,1H3,(H,17,18)(H,19,20). The summed E-state index contributed by atoms with van der Waals surface area (Å²) in [6.07, 6.45) is 1.05. The van der Waals surface area contributed by atoms with Crippen molar-refractivity contribution >= 4 is 27.8 Å². The number of rotatable bonds is 9. The summed E-state index contributed by atoms with van der Waals surface area (Å²) in [7, 11) is 0. The maximum atomic E-state index is 11.6. The number of hydrogen-bond donors (Lipinski definition) is 2. The Kier molecular flexibility index (Phi) is 7.82. The summed E-state index contributed by atoms with van der Waals surface area (Å²) in [4.78, 5) is 22.1. The highest BCUT2D eigenvalue weighted by Crippen LogP contribution is 2.16. The summed E-state index contributed by atoms with van der Waals surface area (Å²) >= 11 is 3.34.